The third kappa shape index (κ3) is 5.62. The number of carbonyl (C=O) groups excluding carboxylic acids is 1. The van der Waals surface area contributed by atoms with Crippen molar-refractivity contribution in [1.29, 1.82) is 0 Å². The van der Waals surface area contributed by atoms with Crippen LogP contribution in [-0.2, 0) is 20.1 Å². The summed E-state index contributed by atoms with van der Waals surface area (Å²) >= 11 is 0. The van der Waals surface area contributed by atoms with Crippen molar-refractivity contribution in [1.82, 2.24) is 15.0 Å². The largest absolute Gasteiger partial charge is 0.474 e. The van der Waals surface area contributed by atoms with Gasteiger partial charge in [-0.15, -0.1) is 0 Å². The minimum Gasteiger partial charge on any atom is -0.474 e. The number of pyridine rings is 3. The molecule has 4 heterocycles. The molecule has 1 aliphatic carbocycles. The second kappa shape index (κ2) is 10.6. The van der Waals surface area contributed by atoms with E-state index in [4.69, 9.17) is 20.2 Å². The van der Waals surface area contributed by atoms with Gasteiger partial charge in [0.2, 0.25) is 5.88 Å². The maximum atomic E-state index is 12.3. The van der Waals surface area contributed by atoms with E-state index in [1.807, 2.05) is 40.7 Å². The number of ether oxygens (including phenoxy) is 2. The van der Waals surface area contributed by atoms with Crippen LogP contribution in [0.1, 0.15) is 87.8 Å². The fraction of sp³-hybridized carbons (Fsp3) is 0.517. The Hall–Kier alpha value is -3.31. The van der Waals surface area contributed by atoms with Crippen LogP contribution < -0.4 is 15.8 Å². The Morgan fingerprint density at radius 2 is 1.93 bits per heavy atom. The van der Waals surface area contributed by atoms with Crippen LogP contribution >= 0.6 is 0 Å². The van der Waals surface area contributed by atoms with Crippen LogP contribution in [0.2, 0.25) is 0 Å². The van der Waals surface area contributed by atoms with E-state index in [0.717, 1.165) is 23.8 Å². The molecular formula is C29H37N5O5S. The highest BCUT2D eigenvalue weighted by atomic mass is 32.2. The molecule has 40 heavy (non-hydrogen) atoms. The lowest BCUT2D eigenvalue weighted by Gasteiger charge is -2.27. The molecule has 10 nitrogen and oxygen atoms in total. The monoisotopic (exact) mass is 567 g/mol. The summed E-state index contributed by atoms with van der Waals surface area (Å²) in [5, 5.41) is 4.60. The zero-order valence-electron chi connectivity index (χ0n) is 23.6. The van der Waals surface area contributed by atoms with Gasteiger partial charge in [0.05, 0.1) is 33.8 Å². The Bertz CT molecular complexity index is 1550. The van der Waals surface area contributed by atoms with E-state index in [9.17, 15) is 13.2 Å². The Balaban J connectivity index is 1.45. The van der Waals surface area contributed by atoms with Crippen LogP contribution in [-0.4, -0.2) is 52.5 Å². The van der Waals surface area contributed by atoms with Crippen molar-refractivity contribution < 1.29 is 22.7 Å². The predicted molar refractivity (Wildman–Crippen MR) is 154 cm³/mol. The van der Waals surface area contributed by atoms with E-state index >= 15 is 0 Å². The summed E-state index contributed by atoms with van der Waals surface area (Å²) in [6.45, 7) is 9.67. The van der Waals surface area contributed by atoms with Crippen LogP contribution in [0, 0.1) is 0 Å². The molecule has 1 fully saturated rings. The molecule has 0 spiro atoms. The van der Waals surface area contributed by atoms with Crippen molar-refractivity contribution in [2.24, 2.45) is 5.73 Å². The molecule has 4 atom stereocenters. The molecule has 2 aliphatic rings. The van der Waals surface area contributed by atoms with E-state index in [0.29, 0.717) is 47.0 Å². The van der Waals surface area contributed by atoms with Gasteiger partial charge in [0.25, 0.3) is 0 Å². The summed E-state index contributed by atoms with van der Waals surface area (Å²) in [6, 6.07) is 5.34. The number of cyclic esters (lactones) is 1. The minimum atomic E-state index is -3.07. The van der Waals surface area contributed by atoms with Gasteiger partial charge in [-0.2, -0.15) is 0 Å². The number of hydrogen-bond donors (Lipinski definition) is 2. The smallest absolute Gasteiger partial charge is 0.340 e. The SMILES string of the molecule is CC[C@@](C)(N)c1cnc(O[C@@H](C)CCS(=O)(=O)C2CC2)c2cnc(Nc3ccc4c(n3)[C@@H](C)[C@H](C)OC4=O)cc12. The van der Waals surface area contributed by atoms with E-state index in [-0.39, 0.29) is 35.1 Å². The molecule has 3 N–H and O–H groups in total. The van der Waals surface area contributed by atoms with E-state index in [2.05, 4.69) is 15.3 Å². The van der Waals surface area contributed by atoms with Crippen molar-refractivity contribution in [2.45, 2.75) is 89.2 Å². The Morgan fingerprint density at radius 1 is 1.18 bits per heavy atom. The normalized spacial score (nSPS) is 21.3. The van der Waals surface area contributed by atoms with Crippen molar-refractivity contribution in [2.75, 3.05) is 11.1 Å². The number of aromatic nitrogens is 3. The second-order valence-electron chi connectivity index (χ2n) is 11.3. The summed E-state index contributed by atoms with van der Waals surface area (Å²) in [7, 11) is -3.07. The minimum absolute atomic E-state index is 0.0415. The summed E-state index contributed by atoms with van der Waals surface area (Å²) in [5.74, 6) is 1.18. The number of fused-ring (bicyclic) bond motifs is 2. The first-order valence-corrected chi connectivity index (χ1v) is 15.6. The number of esters is 1. The average Bonchev–Trinajstić information content (AvgIpc) is 3.77. The topological polar surface area (TPSA) is 146 Å². The van der Waals surface area contributed by atoms with Crippen molar-refractivity contribution >= 4 is 38.2 Å². The standard InChI is InChI=1S/C29H37N5O5S/c1-6-29(5,30)23-15-32-27(38-16(2)11-12-40(36,37)19-7-8-19)22-14-31-25(13-21(22)23)33-24-10-9-20-26(34-24)17(3)18(4)39-28(20)35/h9-10,13-19H,6-8,11-12,30H2,1-5H3,(H,31,33,34)/t16-,17-,18-,29+/m0/s1. The lowest BCUT2D eigenvalue weighted by atomic mass is 9.88. The van der Waals surface area contributed by atoms with Gasteiger partial charge in [-0.1, -0.05) is 13.8 Å². The first kappa shape index (κ1) is 28.2. The van der Waals surface area contributed by atoms with Gasteiger partial charge < -0.3 is 20.5 Å². The molecule has 0 amide bonds. The molecule has 1 aliphatic heterocycles. The Morgan fingerprint density at radius 3 is 2.62 bits per heavy atom. The molecule has 0 saturated heterocycles. The van der Waals surface area contributed by atoms with Crippen LogP contribution in [0.15, 0.2) is 30.6 Å². The number of sulfone groups is 1. The lowest BCUT2D eigenvalue weighted by molar-refractivity contribution is 0.0235. The molecule has 0 bridgehead atoms. The number of anilines is 2. The molecule has 1 saturated carbocycles. The molecule has 0 aromatic carbocycles. The third-order valence-electron chi connectivity index (χ3n) is 8.07. The van der Waals surface area contributed by atoms with Crippen molar-refractivity contribution in [3.63, 3.8) is 0 Å². The number of carbonyl (C=O) groups is 1. The van der Waals surface area contributed by atoms with E-state index in [1.165, 1.54) is 0 Å². The van der Waals surface area contributed by atoms with Gasteiger partial charge in [-0.05, 0) is 75.6 Å². The summed E-state index contributed by atoms with van der Waals surface area (Å²) in [5.41, 5.74) is 8.01. The number of nitrogens with two attached hydrogens (primary N) is 1. The zero-order valence-corrected chi connectivity index (χ0v) is 24.4. The first-order valence-electron chi connectivity index (χ1n) is 13.8. The van der Waals surface area contributed by atoms with Gasteiger partial charge in [0.1, 0.15) is 17.7 Å². The second-order valence-corrected chi connectivity index (χ2v) is 13.7. The van der Waals surface area contributed by atoms with Gasteiger partial charge in [-0.25, -0.2) is 28.2 Å². The molecule has 0 radical (unpaired) electrons. The van der Waals surface area contributed by atoms with Crippen LogP contribution in [0.5, 0.6) is 5.88 Å². The number of hydrogen-bond acceptors (Lipinski definition) is 10. The molecule has 214 valence electrons. The summed E-state index contributed by atoms with van der Waals surface area (Å²) in [4.78, 5) is 26.2. The third-order valence-corrected chi connectivity index (χ3v) is 10.4. The average molecular weight is 568 g/mol. The van der Waals surface area contributed by atoms with Crippen LogP contribution in [0.25, 0.3) is 10.8 Å². The highest BCUT2D eigenvalue weighted by molar-refractivity contribution is 7.92. The van der Waals surface area contributed by atoms with Crippen LogP contribution in [0.4, 0.5) is 11.6 Å². The maximum Gasteiger partial charge on any atom is 0.340 e. The van der Waals surface area contributed by atoms with Gasteiger partial charge in [-0.3, -0.25) is 0 Å². The lowest BCUT2D eigenvalue weighted by Crippen LogP contribution is -2.32. The van der Waals surface area contributed by atoms with Crippen molar-refractivity contribution in [3.8, 4) is 5.88 Å². The van der Waals surface area contributed by atoms with E-state index in [1.54, 1.807) is 24.5 Å². The van der Waals surface area contributed by atoms with E-state index < -0.39 is 15.4 Å². The van der Waals surface area contributed by atoms with Crippen molar-refractivity contribution in [3.05, 3.63) is 47.4 Å². The Kier molecular flexibility index (Phi) is 7.47. The quantitative estimate of drug-likeness (QED) is 0.329. The predicted octanol–water partition coefficient (Wildman–Crippen LogP) is 4.75. The van der Waals surface area contributed by atoms with Crippen LogP contribution in [0.3, 0.4) is 0 Å². The first-order chi connectivity index (χ1) is 18.9. The highest BCUT2D eigenvalue weighted by Crippen LogP contribution is 2.36. The summed E-state index contributed by atoms with van der Waals surface area (Å²) < 4.78 is 36.2. The molecule has 0 unspecified atom stereocenters. The molecule has 5 rings (SSSR count). The highest BCUT2D eigenvalue weighted by Gasteiger charge is 2.35. The van der Waals surface area contributed by atoms with Gasteiger partial charge in [0, 0.05) is 23.9 Å². The maximum absolute atomic E-state index is 12.3. The fourth-order valence-electron chi connectivity index (χ4n) is 4.84. The zero-order chi connectivity index (χ0) is 28.8. The fourth-order valence-corrected chi connectivity index (χ4v) is 6.69. The van der Waals surface area contributed by atoms with Gasteiger partial charge in [0.15, 0.2) is 9.84 Å². The number of nitrogens with zero attached hydrogens (tertiary/aromatic N) is 3. The number of rotatable bonds is 10. The molecule has 11 heteroatoms. The summed E-state index contributed by atoms with van der Waals surface area (Å²) in [6.07, 6.45) is 5.38. The number of nitrogens with one attached hydrogen (secondary N) is 1. The molecular weight excluding hydrogens is 530 g/mol. The Labute approximate surface area is 235 Å². The molecule has 3 aromatic rings. The molecule has 3 aromatic heterocycles. The van der Waals surface area contributed by atoms with Gasteiger partial charge >= 0.3 is 5.97 Å².